The van der Waals surface area contributed by atoms with Gasteiger partial charge in [0.2, 0.25) is 5.91 Å². The van der Waals surface area contributed by atoms with E-state index in [1.165, 1.54) is 0 Å². The second-order valence-corrected chi connectivity index (χ2v) is 8.00. The smallest absolute Gasteiger partial charge is 0.223 e. The van der Waals surface area contributed by atoms with Gasteiger partial charge in [0.15, 0.2) is 0 Å². The number of unbranched alkanes of at least 4 members (excludes halogenated alkanes) is 2. The molecule has 7 heteroatoms. The number of likely N-dealkylation sites (tertiary alicyclic amines) is 1. The molecule has 1 saturated heterocycles. The Morgan fingerprint density at radius 2 is 2.10 bits per heavy atom. The van der Waals surface area contributed by atoms with Crippen molar-refractivity contribution in [1.82, 2.24) is 20.1 Å². The van der Waals surface area contributed by atoms with Crippen molar-refractivity contribution in [3.05, 3.63) is 30.6 Å². The number of ketones is 1. The van der Waals surface area contributed by atoms with Gasteiger partial charge in [-0.05, 0) is 37.5 Å². The number of hydrogen-bond donors (Lipinski definition) is 1. The average molecular weight is 413 g/mol. The zero-order valence-corrected chi connectivity index (χ0v) is 17.8. The summed E-state index contributed by atoms with van der Waals surface area (Å²) in [6.45, 7) is 4.16. The third-order valence-corrected chi connectivity index (χ3v) is 5.55. The fraction of sp³-hybridized carbons (Fsp3) is 0.565. The molecule has 0 aromatic carbocycles. The van der Waals surface area contributed by atoms with E-state index in [-0.39, 0.29) is 11.7 Å². The summed E-state index contributed by atoms with van der Waals surface area (Å²) >= 11 is 0. The molecule has 3 heterocycles. The molecule has 1 atom stereocenters. The number of nitrogens with zero attached hydrogens (tertiary/aromatic N) is 3. The summed E-state index contributed by atoms with van der Waals surface area (Å²) in [6.07, 6.45) is 9.84. The van der Waals surface area contributed by atoms with Crippen LogP contribution in [0.3, 0.4) is 0 Å². The molecular formula is C23H32N4O3. The highest BCUT2D eigenvalue weighted by Gasteiger charge is 2.24. The third kappa shape index (κ3) is 6.68. The van der Waals surface area contributed by atoms with Crippen LogP contribution in [0.4, 0.5) is 0 Å². The Kier molecular flexibility index (Phi) is 8.41. The van der Waals surface area contributed by atoms with E-state index in [9.17, 15) is 9.59 Å². The number of Topliss-reactive ketones (excluding diaryl/α,β-unsaturated/α-hetero) is 1. The number of ether oxygens (including phenoxy) is 1. The summed E-state index contributed by atoms with van der Waals surface area (Å²) in [5.74, 6) is 1.32. The monoisotopic (exact) mass is 412 g/mol. The number of aromatic amines is 1. The number of hydrogen-bond acceptors (Lipinski definition) is 5. The number of rotatable bonds is 11. The number of carbonyl (C=O) groups is 2. The van der Waals surface area contributed by atoms with Crippen molar-refractivity contribution in [2.75, 3.05) is 19.7 Å². The molecule has 162 valence electrons. The van der Waals surface area contributed by atoms with Crippen LogP contribution in [0.2, 0.25) is 0 Å². The molecule has 1 amide bonds. The van der Waals surface area contributed by atoms with Crippen molar-refractivity contribution in [3.63, 3.8) is 0 Å². The van der Waals surface area contributed by atoms with Crippen LogP contribution in [0, 0.1) is 5.92 Å². The van der Waals surface area contributed by atoms with Gasteiger partial charge >= 0.3 is 0 Å². The lowest BCUT2D eigenvalue weighted by atomic mass is 9.98. The summed E-state index contributed by atoms with van der Waals surface area (Å²) in [4.78, 5) is 30.7. The molecule has 0 spiro atoms. The summed E-state index contributed by atoms with van der Waals surface area (Å²) in [7, 11) is 0. The molecule has 2 aromatic rings. The van der Waals surface area contributed by atoms with Gasteiger partial charge in [-0.25, -0.2) is 0 Å². The summed E-state index contributed by atoms with van der Waals surface area (Å²) in [6, 6.07) is 5.67. The molecular weight excluding hydrogens is 380 g/mol. The van der Waals surface area contributed by atoms with Crippen LogP contribution >= 0.6 is 0 Å². The maximum absolute atomic E-state index is 12.5. The third-order valence-electron chi connectivity index (χ3n) is 5.55. The van der Waals surface area contributed by atoms with Gasteiger partial charge in [-0.1, -0.05) is 19.8 Å². The van der Waals surface area contributed by atoms with Crippen LogP contribution < -0.4 is 4.74 Å². The van der Waals surface area contributed by atoms with Gasteiger partial charge < -0.3 is 9.64 Å². The Morgan fingerprint density at radius 1 is 1.20 bits per heavy atom. The number of H-pyrrole nitrogens is 1. The Morgan fingerprint density at radius 3 is 2.83 bits per heavy atom. The van der Waals surface area contributed by atoms with Gasteiger partial charge in [0.25, 0.3) is 0 Å². The number of amides is 1. The first-order chi connectivity index (χ1) is 14.7. The molecule has 1 N–H and O–H groups in total. The van der Waals surface area contributed by atoms with E-state index < -0.39 is 0 Å². The van der Waals surface area contributed by atoms with Crippen LogP contribution in [0.5, 0.6) is 5.75 Å². The second-order valence-electron chi connectivity index (χ2n) is 8.00. The van der Waals surface area contributed by atoms with E-state index in [0.29, 0.717) is 38.3 Å². The molecule has 0 aliphatic carbocycles. The number of nitrogens with one attached hydrogen (secondary N) is 1. The van der Waals surface area contributed by atoms with Crippen molar-refractivity contribution >= 4 is 11.7 Å². The van der Waals surface area contributed by atoms with E-state index >= 15 is 0 Å². The van der Waals surface area contributed by atoms with Crippen molar-refractivity contribution < 1.29 is 14.3 Å². The highest BCUT2D eigenvalue weighted by Crippen LogP contribution is 2.21. The molecule has 2 aromatic heterocycles. The fourth-order valence-electron chi connectivity index (χ4n) is 3.77. The second kappa shape index (κ2) is 11.5. The molecule has 1 aliphatic heterocycles. The van der Waals surface area contributed by atoms with E-state index in [2.05, 4.69) is 22.1 Å². The number of carbonyl (C=O) groups excluding carboxylic acids is 2. The van der Waals surface area contributed by atoms with Crippen molar-refractivity contribution in [3.8, 4) is 17.1 Å². The largest absolute Gasteiger partial charge is 0.492 e. The van der Waals surface area contributed by atoms with E-state index in [0.717, 1.165) is 55.8 Å². The number of pyridine rings is 1. The SMILES string of the molecule is CCCCCC(=O)CCC(=O)N1CCC[C@@H](COc2ccc(-c3ccn[nH]3)nc2)C1. The van der Waals surface area contributed by atoms with E-state index in [1.807, 2.05) is 23.1 Å². The van der Waals surface area contributed by atoms with Gasteiger partial charge in [0, 0.05) is 44.5 Å². The molecule has 1 fully saturated rings. The maximum Gasteiger partial charge on any atom is 0.223 e. The summed E-state index contributed by atoms with van der Waals surface area (Å²) in [5.41, 5.74) is 1.69. The van der Waals surface area contributed by atoms with Crippen LogP contribution in [0.25, 0.3) is 11.4 Å². The van der Waals surface area contributed by atoms with Crippen molar-refractivity contribution in [2.24, 2.45) is 5.92 Å². The lowest BCUT2D eigenvalue weighted by Gasteiger charge is -2.32. The molecule has 7 nitrogen and oxygen atoms in total. The lowest BCUT2D eigenvalue weighted by molar-refractivity contribution is -0.135. The first kappa shape index (κ1) is 22.0. The summed E-state index contributed by atoms with van der Waals surface area (Å²) < 4.78 is 5.92. The Labute approximate surface area is 178 Å². The molecule has 0 saturated carbocycles. The first-order valence-electron chi connectivity index (χ1n) is 11.0. The molecule has 1 aliphatic rings. The molecule has 3 rings (SSSR count). The molecule has 0 unspecified atom stereocenters. The molecule has 30 heavy (non-hydrogen) atoms. The van der Waals surface area contributed by atoms with Gasteiger partial charge in [-0.3, -0.25) is 19.7 Å². The fourth-order valence-corrected chi connectivity index (χ4v) is 3.77. The van der Waals surface area contributed by atoms with Gasteiger partial charge in [-0.15, -0.1) is 0 Å². The zero-order valence-electron chi connectivity index (χ0n) is 17.8. The molecule has 0 bridgehead atoms. The lowest BCUT2D eigenvalue weighted by Crippen LogP contribution is -2.41. The van der Waals surface area contributed by atoms with Gasteiger partial charge in [-0.2, -0.15) is 5.10 Å². The first-order valence-corrected chi connectivity index (χ1v) is 11.0. The maximum atomic E-state index is 12.5. The normalized spacial score (nSPS) is 16.4. The molecule has 0 radical (unpaired) electrons. The van der Waals surface area contributed by atoms with Gasteiger partial charge in [0.1, 0.15) is 11.5 Å². The number of piperidine rings is 1. The highest BCUT2D eigenvalue weighted by atomic mass is 16.5. The minimum absolute atomic E-state index is 0.0918. The van der Waals surface area contributed by atoms with Crippen LogP contribution in [0.1, 0.15) is 58.3 Å². The Bertz CT molecular complexity index is 789. The highest BCUT2D eigenvalue weighted by molar-refractivity contribution is 5.85. The predicted octanol–water partition coefficient (Wildman–Crippen LogP) is 4.02. The minimum Gasteiger partial charge on any atom is -0.492 e. The van der Waals surface area contributed by atoms with Gasteiger partial charge in [0.05, 0.1) is 24.2 Å². The van der Waals surface area contributed by atoms with Crippen molar-refractivity contribution in [1.29, 1.82) is 0 Å². The van der Waals surface area contributed by atoms with Crippen molar-refractivity contribution in [2.45, 2.75) is 58.3 Å². The quantitative estimate of drug-likeness (QED) is 0.563. The number of aromatic nitrogens is 3. The zero-order chi connectivity index (χ0) is 21.2. The Balaban J connectivity index is 1.40. The topological polar surface area (TPSA) is 88.2 Å². The average Bonchev–Trinajstić information content (AvgIpc) is 3.32. The summed E-state index contributed by atoms with van der Waals surface area (Å²) in [5, 5.41) is 6.82. The van der Waals surface area contributed by atoms with Crippen LogP contribution in [-0.4, -0.2) is 51.5 Å². The van der Waals surface area contributed by atoms with Crippen LogP contribution in [0.15, 0.2) is 30.6 Å². The standard InChI is InChI=1S/C23H32N4O3/c1-2-3-4-7-19(28)8-11-23(29)27-14-5-6-18(16-27)17-30-20-9-10-21(24-15-20)22-12-13-25-26-22/h9-10,12-13,15,18H,2-8,11,14,16-17H2,1H3,(H,25,26)/t18-/m1/s1. The predicted molar refractivity (Wildman–Crippen MR) is 115 cm³/mol. The van der Waals surface area contributed by atoms with E-state index in [4.69, 9.17) is 4.74 Å². The Hall–Kier alpha value is -2.70. The minimum atomic E-state index is 0.0918. The van der Waals surface area contributed by atoms with E-state index in [1.54, 1.807) is 12.4 Å². The van der Waals surface area contributed by atoms with Crippen LogP contribution in [-0.2, 0) is 9.59 Å².